The summed E-state index contributed by atoms with van der Waals surface area (Å²) in [6, 6.07) is 5.60. The predicted octanol–water partition coefficient (Wildman–Crippen LogP) is 0.412. The van der Waals surface area contributed by atoms with Crippen LogP contribution in [0.25, 0.3) is 10.9 Å². The number of carbonyl (C=O) groups is 6. The molecule has 0 aliphatic carbocycles. The van der Waals surface area contributed by atoms with Gasteiger partial charge in [-0.25, -0.2) is 13.4 Å². The number of hydrogen-bond donors (Lipinski definition) is 9. The summed E-state index contributed by atoms with van der Waals surface area (Å²) < 4.78 is 53.6. The van der Waals surface area contributed by atoms with Crippen LogP contribution < -0.4 is 41.5 Å². The Morgan fingerprint density at radius 1 is 0.747 bits per heavy atom. The van der Waals surface area contributed by atoms with Gasteiger partial charge in [0.2, 0.25) is 33.2 Å². The predicted molar refractivity (Wildman–Crippen MR) is 322 cm³/mol. The van der Waals surface area contributed by atoms with Crippen molar-refractivity contribution < 1.29 is 66.3 Å². The third-order valence-electron chi connectivity index (χ3n) is 13.9. The van der Waals surface area contributed by atoms with Crippen LogP contribution in [0.15, 0.2) is 58.6 Å². The monoisotopic (exact) mass is 1240 g/mol. The molecule has 4 amide bonds. The van der Waals surface area contributed by atoms with Crippen LogP contribution in [0.4, 0.5) is 5.95 Å². The zero-order valence-electron chi connectivity index (χ0n) is 50.1. The van der Waals surface area contributed by atoms with Gasteiger partial charge in [0.1, 0.15) is 23.4 Å². The minimum atomic E-state index is -4.46. The minimum absolute atomic E-state index is 0.0177. The lowest BCUT2D eigenvalue weighted by Crippen LogP contribution is -2.51. The molecule has 1 fully saturated rings. The molecule has 1 aliphatic heterocycles. The first-order valence-corrected chi connectivity index (χ1v) is 30.5. The first kappa shape index (κ1) is 70.7. The van der Waals surface area contributed by atoms with Gasteiger partial charge in [-0.05, 0) is 80.5 Å². The van der Waals surface area contributed by atoms with Crippen LogP contribution in [0.1, 0.15) is 66.1 Å². The molecule has 28 nitrogen and oxygen atoms in total. The van der Waals surface area contributed by atoms with E-state index in [0.717, 1.165) is 5.56 Å². The number of carboxylic acids is 2. The molecule has 29 heteroatoms. The maximum absolute atomic E-state index is 13.6. The molecule has 4 aromatic rings. The van der Waals surface area contributed by atoms with Crippen molar-refractivity contribution in [3.8, 4) is 5.75 Å². The highest BCUT2D eigenvalue weighted by Gasteiger charge is 2.30. The van der Waals surface area contributed by atoms with E-state index >= 15 is 0 Å². The van der Waals surface area contributed by atoms with Crippen molar-refractivity contribution in [2.24, 2.45) is 7.05 Å². The Hall–Kier alpha value is -7.09. The lowest BCUT2D eigenvalue weighted by molar-refractivity contribution is -0.139. The summed E-state index contributed by atoms with van der Waals surface area (Å²) in [5.41, 5.74) is 1.11. The number of nitrogens with one attached hydrogen (secondary N) is 7. The third kappa shape index (κ3) is 24.9. The number of aliphatic carboxylic acids is 2. The van der Waals surface area contributed by atoms with E-state index in [1.165, 1.54) is 32.2 Å². The molecule has 0 saturated carbocycles. The first-order chi connectivity index (χ1) is 41.6. The van der Waals surface area contributed by atoms with Crippen molar-refractivity contribution in [1.29, 1.82) is 0 Å². The summed E-state index contributed by atoms with van der Waals surface area (Å²) in [6.45, 7) is 11.3. The number of carboxylic acid groups (broad SMARTS) is 2. The Labute approximate surface area is 508 Å². The smallest absolute Gasteiger partial charge is 0.323 e. The van der Waals surface area contributed by atoms with Crippen LogP contribution in [0.5, 0.6) is 5.75 Å². The highest BCUT2D eigenvalue weighted by atomic mass is 32.2. The highest BCUT2D eigenvalue weighted by molar-refractivity contribution is 7.89. The van der Waals surface area contributed by atoms with Gasteiger partial charge in [0.05, 0.1) is 56.5 Å². The highest BCUT2D eigenvalue weighted by Crippen LogP contribution is 2.26. The third-order valence-corrected chi connectivity index (χ3v) is 15.7. The molecule has 2 aromatic heterocycles. The van der Waals surface area contributed by atoms with Gasteiger partial charge in [-0.15, -0.1) is 0 Å². The number of pyridine rings is 1. The molecule has 478 valence electrons. The number of H-pyrrole nitrogens is 1. The topological polar surface area (TPSA) is 350 Å². The number of anilines is 1. The minimum Gasteiger partial charge on any atom is -0.494 e. The molecule has 2 aromatic carbocycles. The van der Waals surface area contributed by atoms with Crippen LogP contribution in [0, 0.1) is 27.9 Å². The molecule has 2 atom stereocenters. The zero-order chi connectivity index (χ0) is 63.3. The molecule has 3 heterocycles. The lowest BCUT2D eigenvalue weighted by atomic mass is 10.1. The summed E-state index contributed by atoms with van der Waals surface area (Å²) in [5.74, 6) is -3.26. The van der Waals surface area contributed by atoms with Crippen LogP contribution in [0.3, 0.4) is 0 Å². The quantitative estimate of drug-likeness (QED) is 0.0279. The van der Waals surface area contributed by atoms with Gasteiger partial charge in [0, 0.05) is 143 Å². The van der Waals surface area contributed by atoms with Gasteiger partial charge in [-0.1, -0.05) is 13.0 Å². The van der Waals surface area contributed by atoms with E-state index in [1.54, 1.807) is 56.9 Å². The van der Waals surface area contributed by atoms with Crippen molar-refractivity contribution >= 4 is 62.4 Å². The van der Waals surface area contributed by atoms with E-state index in [4.69, 9.17) is 33.0 Å². The van der Waals surface area contributed by atoms with E-state index in [9.17, 15) is 52.2 Å². The molecule has 4 radical (unpaired) electrons. The molecule has 1 aliphatic rings. The molecule has 0 bridgehead atoms. The van der Waals surface area contributed by atoms with Gasteiger partial charge in [-0.3, -0.25) is 53.2 Å². The molecule has 5 rings (SSSR count). The Balaban J connectivity index is 0.882. The van der Waals surface area contributed by atoms with Crippen molar-refractivity contribution in [3.05, 3.63) is 95.5 Å². The van der Waals surface area contributed by atoms with Gasteiger partial charge >= 0.3 is 11.9 Å². The van der Waals surface area contributed by atoms with Crippen LogP contribution in [-0.4, -0.2) is 232 Å². The van der Waals surface area contributed by atoms with Gasteiger partial charge in [0.25, 0.3) is 5.91 Å². The second-order valence-electron chi connectivity index (χ2n) is 20.9. The number of nitrogens with zero attached hydrogens (tertiary/aromatic N) is 6. The molecular weight excluding hydrogens is 1150 g/mol. The van der Waals surface area contributed by atoms with E-state index in [-0.39, 0.29) is 70.8 Å². The lowest BCUT2D eigenvalue weighted by Gasteiger charge is -2.31. The van der Waals surface area contributed by atoms with Gasteiger partial charge in [-0.2, -0.15) is 4.72 Å². The van der Waals surface area contributed by atoms with Crippen molar-refractivity contribution in [1.82, 2.24) is 60.1 Å². The van der Waals surface area contributed by atoms with E-state index < -0.39 is 51.9 Å². The number of sulfonamides is 1. The number of aryl methyl sites for hydroxylation is 3. The fourth-order valence-corrected chi connectivity index (χ4v) is 10.9. The number of hydrogen-bond acceptors (Lipinski definition) is 19. The maximum Gasteiger partial charge on any atom is 0.323 e. The first-order valence-electron chi connectivity index (χ1n) is 29.0. The van der Waals surface area contributed by atoms with Gasteiger partial charge < -0.3 is 65.3 Å². The molecular formula is C58H85N13O15S. The molecule has 9 N–H and O–H groups in total. The van der Waals surface area contributed by atoms with Gasteiger partial charge in [0.15, 0.2) is 5.95 Å². The van der Waals surface area contributed by atoms with Crippen molar-refractivity contribution in [2.45, 2.75) is 76.4 Å². The molecule has 87 heavy (non-hydrogen) atoms. The fourth-order valence-electron chi connectivity index (χ4n) is 9.28. The van der Waals surface area contributed by atoms with Crippen LogP contribution >= 0.6 is 0 Å². The number of rotatable bonds is 36. The van der Waals surface area contributed by atoms with E-state index in [2.05, 4.69) is 41.3 Å². The average molecular weight is 1240 g/mol. The zero-order valence-corrected chi connectivity index (χ0v) is 50.9. The fraction of sp³-hybridized carbons (Fsp3) is 0.552. The summed E-state index contributed by atoms with van der Waals surface area (Å²) in [6.07, 6.45) is 6.70. The summed E-state index contributed by atoms with van der Waals surface area (Å²) in [4.78, 5) is 103. The molecule has 1 unspecified atom stereocenters. The summed E-state index contributed by atoms with van der Waals surface area (Å²) >= 11 is 0. The normalized spacial score (nSPS) is 15.0. The number of amides is 4. The van der Waals surface area contributed by atoms with Crippen molar-refractivity contribution in [2.75, 3.05) is 137 Å². The van der Waals surface area contributed by atoms with Crippen LogP contribution in [0.2, 0.25) is 0 Å². The number of aromatic nitrogens is 3. The Morgan fingerprint density at radius 3 is 1.94 bits per heavy atom. The second-order valence-corrected chi connectivity index (χ2v) is 22.6. The average Bonchev–Trinajstić information content (AvgIpc) is 1.37. The SMILES string of the molecule is [CH]N1CCN([CH])CCN(CC(=O)N[C@H](CC)C(=O)NCCCOCCOCCOCCCNC(=O)CCCOc2cc(C)c(S(=O)(=O)NC(CNC(=O)c3cn(C)c4cc(CNc5ncc[nH]5)ccc4c3=O)C(=O)O)c(C)c2)CCN(CC(=O)O)CC1. The second kappa shape index (κ2) is 36.9. The molecule has 1 saturated heterocycles. The summed E-state index contributed by atoms with van der Waals surface area (Å²) in [5, 5.41) is 33.6. The summed E-state index contributed by atoms with van der Waals surface area (Å²) in [7, 11) is 9.38. The standard InChI is InChI=1S/C58H85N13O15S/c1-7-47(65-51(73)39-70-22-20-67(4)18-19-68(5)21-23-71(25-24-70)40-52(74)75)56(78)60-15-10-27-84-30-32-85-31-29-83-26-9-14-59-50(72)11-8-28-86-44-33-41(2)54(42(3)34-44)87(81,82)66-48(57(79)80)37-63-55(77)46-38-69(6)49-35-43(12-13-45(49)53(46)76)36-64-58-61-16-17-62-58/h4-5,12-13,16-17,33-35,38,47-48,66H,7-11,14-15,18-32,36-37,39-40H2,1-3,6H3,(H,59,72)(H,60,78)(H,63,77)(H,65,73)(H,74,75)(H,79,80)(H2,61,62,64)/t47-,48?/m1/s1. The number of fused-ring (bicyclic) bond motifs is 1. The number of aromatic amines is 1. The molecule has 0 spiro atoms. The number of benzene rings is 2. The van der Waals surface area contributed by atoms with E-state index in [1.807, 2.05) is 11.8 Å². The van der Waals surface area contributed by atoms with E-state index in [0.29, 0.717) is 155 Å². The Kier molecular flexibility index (Phi) is 30.0. The largest absolute Gasteiger partial charge is 0.494 e. The number of carbonyl (C=O) groups excluding carboxylic acids is 4. The maximum atomic E-state index is 13.6. The Bertz CT molecular complexity index is 3020. The Morgan fingerprint density at radius 2 is 1.34 bits per heavy atom. The number of imidazole rings is 1. The van der Waals surface area contributed by atoms with Crippen molar-refractivity contribution in [3.63, 3.8) is 0 Å². The number of ether oxygens (including phenoxy) is 4. The van der Waals surface area contributed by atoms with Crippen LogP contribution in [-0.2, 0) is 61.8 Å².